The number of rotatable bonds is 5. The summed E-state index contributed by atoms with van der Waals surface area (Å²) < 4.78 is 5.17. The Morgan fingerprint density at radius 3 is 2.62 bits per heavy atom. The molecule has 0 bridgehead atoms. The number of aryl methyl sites for hydroxylation is 1. The highest BCUT2D eigenvalue weighted by Crippen LogP contribution is 2.17. The number of aromatic carboxylic acids is 1. The molecule has 1 aromatic carbocycles. The van der Waals surface area contributed by atoms with E-state index < -0.39 is 5.97 Å². The van der Waals surface area contributed by atoms with Gasteiger partial charge in [0.05, 0.1) is 11.6 Å². The Hall–Kier alpha value is -2.58. The molecule has 2 N–H and O–H groups in total. The predicted octanol–water partition coefficient (Wildman–Crippen LogP) is 3.01. The molecule has 0 aliphatic rings. The van der Waals surface area contributed by atoms with E-state index in [0.29, 0.717) is 17.9 Å². The Morgan fingerprint density at radius 1 is 1.43 bits per heavy atom. The van der Waals surface area contributed by atoms with Crippen LogP contribution in [-0.2, 0) is 6.54 Å². The number of carboxylic acid groups (broad SMARTS) is 1. The van der Waals surface area contributed by atoms with Crippen molar-refractivity contribution in [1.29, 1.82) is 5.26 Å². The van der Waals surface area contributed by atoms with Crippen LogP contribution in [0.4, 0.5) is 0 Å². The summed E-state index contributed by atoms with van der Waals surface area (Å²) in [5.74, 6) is -0.508. The van der Waals surface area contributed by atoms with Crippen LogP contribution in [0.1, 0.15) is 46.0 Å². The highest BCUT2D eigenvalue weighted by Gasteiger charge is 2.14. The maximum atomic E-state index is 10.8. The van der Waals surface area contributed by atoms with Crippen LogP contribution >= 0.6 is 0 Å². The molecule has 1 aromatic heterocycles. The molecule has 5 heteroatoms. The molecule has 108 valence electrons. The molecule has 0 saturated carbocycles. The molecular formula is C16H16N2O3. The third kappa shape index (κ3) is 3.50. The lowest BCUT2D eigenvalue weighted by atomic mass is 10.1. The van der Waals surface area contributed by atoms with Crippen LogP contribution < -0.4 is 5.32 Å². The number of carboxylic acids is 1. The maximum Gasteiger partial charge on any atom is 0.371 e. The summed E-state index contributed by atoms with van der Waals surface area (Å²) in [5, 5.41) is 21.0. The van der Waals surface area contributed by atoms with Crippen molar-refractivity contribution in [1.82, 2.24) is 5.32 Å². The Bertz CT molecular complexity index is 681. The van der Waals surface area contributed by atoms with Crippen LogP contribution in [-0.4, -0.2) is 11.1 Å². The van der Waals surface area contributed by atoms with Gasteiger partial charge in [-0.2, -0.15) is 5.26 Å². The van der Waals surface area contributed by atoms with Gasteiger partial charge in [-0.15, -0.1) is 0 Å². The van der Waals surface area contributed by atoms with Crippen LogP contribution in [0.3, 0.4) is 0 Å². The lowest BCUT2D eigenvalue weighted by Gasteiger charge is -2.13. The van der Waals surface area contributed by atoms with Crippen molar-refractivity contribution < 1.29 is 14.3 Å². The molecule has 1 heterocycles. The highest BCUT2D eigenvalue weighted by atomic mass is 16.4. The van der Waals surface area contributed by atoms with Crippen molar-refractivity contribution in [2.75, 3.05) is 0 Å². The summed E-state index contributed by atoms with van der Waals surface area (Å²) in [6, 6.07) is 11.1. The predicted molar refractivity (Wildman–Crippen MR) is 76.8 cm³/mol. The number of nitriles is 1. The molecule has 2 rings (SSSR count). The average Bonchev–Trinajstić information content (AvgIpc) is 2.86. The summed E-state index contributed by atoms with van der Waals surface area (Å²) in [4.78, 5) is 10.8. The van der Waals surface area contributed by atoms with Crippen molar-refractivity contribution in [2.24, 2.45) is 0 Å². The van der Waals surface area contributed by atoms with Crippen LogP contribution in [0.25, 0.3) is 0 Å². The van der Waals surface area contributed by atoms with Crippen molar-refractivity contribution in [3.63, 3.8) is 0 Å². The molecule has 0 aliphatic carbocycles. The van der Waals surface area contributed by atoms with E-state index in [1.165, 1.54) is 6.07 Å². The minimum absolute atomic E-state index is 0.0460. The van der Waals surface area contributed by atoms with Gasteiger partial charge in [0.2, 0.25) is 5.76 Å². The van der Waals surface area contributed by atoms with Gasteiger partial charge in [-0.25, -0.2) is 4.79 Å². The van der Waals surface area contributed by atoms with Crippen LogP contribution in [0, 0.1) is 18.3 Å². The van der Waals surface area contributed by atoms with Crippen LogP contribution in [0.5, 0.6) is 0 Å². The lowest BCUT2D eigenvalue weighted by Crippen LogP contribution is -2.18. The van der Waals surface area contributed by atoms with E-state index in [1.54, 1.807) is 19.1 Å². The molecule has 1 unspecified atom stereocenters. The van der Waals surface area contributed by atoms with E-state index in [0.717, 1.165) is 11.1 Å². The maximum absolute atomic E-state index is 10.8. The van der Waals surface area contributed by atoms with Crippen molar-refractivity contribution in [2.45, 2.75) is 26.4 Å². The second-order valence-electron chi connectivity index (χ2n) is 4.83. The monoisotopic (exact) mass is 284 g/mol. The molecule has 0 radical (unpaired) electrons. The molecule has 5 nitrogen and oxygen atoms in total. The molecule has 0 saturated heterocycles. The molecule has 0 amide bonds. The normalized spacial score (nSPS) is 11.9. The first-order valence-electron chi connectivity index (χ1n) is 6.57. The summed E-state index contributed by atoms with van der Waals surface area (Å²) in [6.45, 7) is 4.27. The third-order valence-electron chi connectivity index (χ3n) is 3.37. The number of benzene rings is 1. The minimum atomic E-state index is -1.07. The summed E-state index contributed by atoms with van der Waals surface area (Å²) in [7, 11) is 0. The van der Waals surface area contributed by atoms with Crippen LogP contribution in [0.2, 0.25) is 0 Å². The van der Waals surface area contributed by atoms with Gasteiger partial charge >= 0.3 is 5.97 Å². The second kappa shape index (κ2) is 6.25. The van der Waals surface area contributed by atoms with Crippen LogP contribution in [0.15, 0.2) is 34.7 Å². The van der Waals surface area contributed by atoms with Gasteiger partial charge in [0.1, 0.15) is 5.76 Å². The van der Waals surface area contributed by atoms with Gasteiger partial charge in [-0.05, 0) is 37.6 Å². The summed E-state index contributed by atoms with van der Waals surface area (Å²) in [6.07, 6.45) is 0. The highest BCUT2D eigenvalue weighted by molar-refractivity contribution is 5.84. The van der Waals surface area contributed by atoms with E-state index in [1.807, 2.05) is 19.1 Å². The second-order valence-corrected chi connectivity index (χ2v) is 4.83. The number of nitrogens with one attached hydrogen (secondary N) is 1. The average molecular weight is 284 g/mol. The number of hydrogen-bond acceptors (Lipinski definition) is 4. The van der Waals surface area contributed by atoms with Gasteiger partial charge < -0.3 is 14.8 Å². The minimum Gasteiger partial charge on any atom is -0.475 e. The zero-order valence-electron chi connectivity index (χ0n) is 11.9. The molecule has 0 fully saturated rings. The smallest absolute Gasteiger partial charge is 0.371 e. The van der Waals surface area contributed by atoms with E-state index in [4.69, 9.17) is 14.8 Å². The molecule has 1 atom stereocenters. The fraction of sp³-hybridized carbons (Fsp3) is 0.250. The van der Waals surface area contributed by atoms with E-state index in [9.17, 15) is 4.79 Å². The van der Waals surface area contributed by atoms with E-state index >= 15 is 0 Å². The molecule has 2 aromatic rings. The van der Waals surface area contributed by atoms with Crippen molar-refractivity contribution in [3.8, 4) is 6.07 Å². The summed E-state index contributed by atoms with van der Waals surface area (Å²) in [5.41, 5.74) is 2.52. The van der Waals surface area contributed by atoms with Gasteiger partial charge in [0.15, 0.2) is 0 Å². The Balaban J connectivity index is 2.02. The third-order valence-corrected chi connectivity index (χ3v) is 3.37. The first-order chi connectivity index (χ1) is 10.0. The summed E-state index contributed by atoms with van der Waals surface area (Å²) >= 11 is 0. The molecule has 0 aliphatic heterocycles. The van der Waals surface area contributed by atoms with Crippen molar-refractivity contribution >= 4 is 5.97 Å². The zero-order chi connectivity index (χ0) is 15.4. The zero-order valence-corrected chi connectivity index (χ0v) is 11.9. The largest absolute Gasteiger partial charge is 0.475 e. The lowest BCUT2D eigenvalue weighted by molar-refractivity contribution is 0.0661. The standard InChI is InChI=1S/C16H16N2O3/c1-10(13-5-3-12(8-17)4-6-13)18-9-14-7-15(16(19)20)21-11(14)2/h3-7,10,18H,9H2,1-2H3,(H,19,20). The fourth-order valence-corrected chi connectivity index (χ4v) is 2.03. The first kappa shape index (κ1) is 14.8. The first-order valence-corrected chi connectivity index (χ1v) is 6.57. The molecular weight excluding hydrogens is 268 g/mol. The Kier molecular flexibility index (Phi) is 4.41. The topological polar surface area (TPSA) is 86.3 Å². The van der Waals surface area contributed by atoms with Gasteiger partial charge in [-0.1, -0.05) is 12.1 Å². The Labute approximate surface area is 122 Å². The van der Waals surface area contributed by atoms with Gasteiger partial charge in [0.25, 0.3) is 0 Å². The fourth-order valence-electron chi connectivity index (χ4n) is 2.03. The number of carbonyl (C=O) groups is 1. The SMILES string of the molecule is Cc1oc(C(=O)O)cc1CNC(C)c1ccc(C#N)cc1. The van der Waals surface area contributed by atoms with Gasteiger partial charge in [-0.3, -0.25) is 0 Å². The number of hydrogen-bond donors (Lipinski definition) is 2. The molecule has 0 spiro atoms. The number of nitrogens with zero attached hydrogens (tertiary/aromatic N) is 1. The van der Waals surface area contributed by atoms with Crippen molar-refractivity contribution in [3.05, 3.63) is 58.5 Å². The Morgan fingerprint density at radius 2 is 2.10 bits per heavy atom. The number of furan rings is 1. The quantitative estimate of drug-likeness (QED) is 0.881. The van der Waals surface area contributed by atoms with E-state index in [2.05, 4.69) is 11.4 Å². The molecule has 21 heavy (non-hydrogen) atoms. The van der Waals surface area contributed by atoms with E-state index in [-0.39, 0.29) is 11.8 Å². The van der Waals surface area contributed by atoms with Gasteiger partial charge in [0, 0.05) is 18.2 Å².